The predicted octanol–water partition coefficient (Wildman–Crippen LogP) is 9.95. The lowest BCUT2D eigenvalue weighted by atomic mass is 10.0. The van der Waals surface area contributed by atoms with Crippen molar-refractivity contribution < 1.29 is 9.59 Å². The maximum Gasteiger partial charge on any atom is 0.197 e. The molecule has 0 aliphatic heterocycles. The van der Waals surface area contributed by atoms with Crippen molar-refractivity contribution in [2.45, 2.75) is 0 Å². The first-order valence-electron chi connectivity index (χ1n) is 14.3. The maximum atomic E-state index is 12.9. The molecule has 3 heteroatoms. The molecule has 0 saturated carbocycles. The lowest BCUT2D eigenvalue weighted by Crippen LogP contribution is -2.09. The van der Waals surface area contributed by atoms with E-state index >= 15 is 0 Å². The molecule has 1 aliphatic carbocycles. The van der Waals surface area contributed by atoms with Crippen LogP contribution in [0.2, 0.25) is 0 Å². The number of hydrogen-bond donors (Lipinski definition) is 0. The van der Waals surface area contributed by atoms with Crippen LogP contribution in [0.25, 0.3) is 28.3 Å². The second kappa shape index (κ2) is 11.2. The third-order valence-corrected chi connectivity index (χ3v) is 7.83. The fraction of sp³-hybridized carbons (Fsp3) is 0. The van der Waals surface area contributed by atoms with E-state index in [2.05, 4.69) is 77.7 Å². The topological polar surface area (TPSA) is 37.4 Å². The van der Waals surface area contributed by atoms with Gasteiger partial charge in [0.2, 0.25) is 0 Å². The Balaban J connectivity index is 1.24. The van der Waals surface area contributed by atoms with Crippen LogP contribution in [-0.4, -0.2) is 11.6 Å². The number of rotatable bonds is 6. The number of carbonyl (C=O) groups excluding carboxylic acids is 2. The number of anilines is 3. The summed E-state index contributed by atoms with van der Waals surface area (Å²) in [7, 11) is 0. The normalized spacial score (nSPS) is 12.2. The maximum absolute atomic E-state index is 12.9. The average Bonchev–Trinajstić information content (AvgIpc) is 3.32. The van der Waals surface area contributed by atoms with Crippen LogP contribution in [0.15, 0.2) is 163 Å². The van der Waals surface area contributed by atoms with E-state index in [1.54, 1.807) is 30.3 Å². The summed E-state index contributed by atoms with van der Waals surface area (Å²) >= 11 is 0. The molecule has 0 atom stereocenters. The zero-order valence-electron chi connectivity index (χ0n) is 23.4. The number of nitrogens with zero attached hydrogens (tertiary/aromatic N) is 1. The van der Waals surface area contributed by atoms with E-state index in [0.29, 0.717) is 11.1 Å². The van der Waals surface area contributed by atoms with E-state index in [-0.39, 0.29) is 17.1 Å². The van der Waals surface area contributed by atoms with E-state index in [1.807, 2.05) is 60.7 Å². The highest BCUT2D eigenvalue weighted by atomic mass is 16.2. The summed E-state index contributed by atoms with van der Waals surface area (Å²) in [4.78, 5) is 28.0. The zero-order valence-corrected chi connectivity index (χ0v) is 23.4. The van der Waals surface area contributed by atoms with Crippen molar-refractivity contribution in [1.82, 2.24) is 0 Å². The van der Waals surface area contributed by atoms with E-state index < -0.39 is 0 Å². The van der Waals surface area contributed by atoms with Crippen molar-refractivity contribution in [1.29, 1.82) is 0 Å². The second-order valence-corrected chi connectivity index (χ2v) is 10.5. The number of ketones is 2. The number of hydrogen-bond acceptors (Lipinski definition) is 3. The van der Waals surface area contributed by atoms with Gasteiger partial charge in [-0.2, -0.15) is 0 Å². The number of benzene rings is 6. The predicted molar refractivity (Wildman–Crippen MR) is 175 cm³/mol. The Labute approximate surface area is 251 Å². The Kier molecular flexibility index (Phi) is 6.82. The van der Waals surface area contributed by atoms with Gasteiger partial charge in [-0.1, -0.05) is 121 Å². The van der Waals surface area contributed by atoms with Crippen LogP contribution in [-0.2, 0) is 0 Å². The Bertz CT molecular complexity index is 1840. The molecule has 0 fully saturated rings. The van der Waals surface area contributed by atoms with Gasteiger partial charge in [0.05, 0.1) is 5.57 Å². The van der Waals surface area contributed by atoms with Crippen molar-refractivity contribution >= 4 is 34.7 Å². The first-order chi connectivity index (χ1) is 21.2. The van der Waals surface area contributed by atoms with Crippen LogP contribution in [0.3, 0.4) is 0 Å². The molecule has 3 nitrogen and oxygen atoms in total. The monoisotopic (exact) mass is 553 g/mol. The van der Waals surface area contributed by atoms with Crippen molar-refractivity contribution in [2.75, 3.05) is 4.90 Å². The fourth-order valence-electron chi connectivity index (χ4n) is 5.60. The lowest BCUT2D eigenvalue weighted by molar-refractivity contribution is 0.0990. The summed E-state index contributed by atoms with van der Waals surface area (Å²) in [5.74, 6) is -0.438. The second-order valence-electron chi connectivity index (χ2n) is 10.5. The SMILES string of the molecule is O=C1C(=Cc2ccc(N(c3ccc(-c4ccccc4)cc3)c3ccc(-c4ccccc4)cc3)cc2)C(=O)c2ccccc21. The molecule has 0 unspecified atom stereocenters. The molecule has 6 aromatic carbocycles. The van der Waals surface area contributed by atoms with Crippen molar-refractivity contribution in [3.8, 4) is 22.3 Å². The van der Waals surface area contributed by atoms with E-state index in [9.17, 15) is 9.59 Å². The summed E-state index contributed by atoms with van der Waals surface area (Å²) in [5, 5.41) is 0. The Morgan fingerprint density at radius 1 is 0.372 bits per heavy atom. The van der Waals surface area contributed by atoms with Crippen LogP contribution >= 0.6 is 0 Å². The van der Waals surface area contributed by atoms with E-state index in [0.717, 1.165) is 33.8 Å². The van der Waals surface area contributed by atoms with E-state index in [1.165, 1.54) is 11.1 Å². The van der Waals surface area contributed by atoms with Crippen molar-refractivity contribution in [3.63, 3.8) is 0 Å². The molecule has 0 radical (unpaired) electrons. The minimum atomic E-state index is -0.219. The highest BCUT2D eigenvalue weighted by molar-refractivity contribution is 6.41. The van der Waals surface area contributed by atoms with Crippen molar-refractivity contribution in [2.24, 2.45) is 0 Å². The molecule has 0 heterocycles. The summed E-state index contributed by atoms with van der Waals surface area (Å²) in [6.45, 7) is 0. The number of fused-ring (bicyclic) bond motifs is 1. The number of carbonyl (C=O) groups is 2. The Hall–Kier alpha value is -5.80. The van der Waals surface area contributed by atoms with Gasteiger partial charge in [-0.3, -0.25) is 9.59 Å². The number of allylic oxidation sites excluding steroid dienone is 1. The molecule has 0 aromatic heterocycles. The molecule has 204 valence electrons. The van der Waals surface area contributed by atoms with Crippen LogP contribution in [0.1, 0.15) is 26.3 Å². The molecule has 0 amide bonds. The minimum Gasteiger partial charge on any atom is -0.311 e. The molecule has 0 spiro atoms. The summed E-state index contributed by atoms with van der Waals surface area (Å²) in [6, 6.07) is 52.8. The van der Waals surface area contributed by atoms with Gasteiger partial charge < -0.3 is 4.90 Å². The summed E-state index contributed by atoms with van der Waals surface area (Å²) in [5.41, 5.74) is 9.60. The number of Topliss-reactive ketones (excluding diaryl/α,β-unsaturated/α-hetero) is 2. The van der Waals surface area contributed by atoms with Crippen LogP contribution in [0.4, 0.5) is 17.1 Å². The highest BCUT2D eigenvalue weighted by Gasteiger charge is 2.32. The summed E-state index contributed by atoms with van der Waals surface area (Å²) < 4.78 is 0. The third-order valence-electron chi connectivity index (χ3n) is 7.83. The average molecular weight is 554 g/mol. The van der Waals surface area contributed by atoms with Gasteiger partial charge in [-0.25, -0.2) is 0 Å². The molecule has 1 aliphatic rings. The lowest BCUT2D eigenvalue weighted by Gasteiger charge is -2.26. The van der Waals surface area contributed by atoms with Gasteiger partial charge in [-0.15, -0.1) is 0 Å². The fourth-order valence-corrected chi connectivity index (χ4v) is 5.60. The standard InChI is InChI=1S/C40H27NO2/c42-39-36-13-7-8-14-37(36)40(43)38(39)27-28-15-21-33(22-16-28)41(34-23-17-31(18-24-34)29-9-3-1-4-10-29)35-25-19-32(20-26-35)30-11-5-2-6-12-30/h1-27H. The molecule has 0 saturated heterocycles. The third kappa shape index (κ3) is 5.09. The smallest absolute Gasteiger partial charge is 0.197 e. The molecular weight excluding hydrogens is 526 g/mol. The summed E-state index contributed by atoms with van der Waals surface area (Å²) in [6.07, 6.45) is 1.70. The molecule has 43 heavy (non-hydrogen) atoms. The minimum absolute atomic E-state index is 0.207. The van der Waals surface area contributed by atoms with E-state index in [4.69, 9.17) is 0 Å². The largest absolute Gasteiger partial charge is 0.311 e. The first kappa shape index (κ1) is 26.1. The van der Waals surface area contributed by atoms with Gasteiger partial charge in [0.15, 0.2) is 11.6 Å². The van der Waals surface area contributed by atoms with Gasteiger partial charge in [0, 0.05) is 28.2 Å². The molecule has 6 aromatic rings. The molecule has 0 bridgehead atoms. The Morgan fingerprint density at radius 3 is 1.14 bits per heavy atom. The van der Waals surface area contributed by atoms with Gasteiger partial charge >= 0.3 is 0 Å². The molecular formula is C40H27NO2. The molecule has 7 rings (SSSR count). The molecule has 0 N–H and O–H groups in total. The highest BCUT2D eigenvalue weighted by Crippen LogP contribution is 2.37. The first-order valence-corrected chi connectivity index (χ1v) is 14.3. The van der Waals surface area contributed by atoms with Crippen LogP contribution in [0.5, 0.6) is 0 Å². The zero-order chi connectivity index (χ0) is 29.2. The van der Waals surface area contributed by atoms with Gasteiger partial charge in [0.25, 0.3) is 0 Å². The van der Waals surface area contributed by atoms with Crippen LogP contribution < -0.4 is 4.90 Å². The quantitative estimate of drug-likeness (QED) is 0.152. The van der Waals surface area contributed by atoms with Gasteiger partial charge in [-0.05, 0) is 70.3 Å². The van der Waals surface area contributed by atoms with Crippen molar-refractivity contribution in [3.05, 3.63) is 180 Å². The Morgan fingerprint density at radius 2 is 0.721 bits per heavy atom. The van der Waals surface area contributed by atoms with Crippen LogP contribution in [0, 0.1) is 0 Å². The van der Waals surface area contributed by atoms with Gasteiger partial charge in [0.1, 0.15) is 0 Å².